The maximum absolute atomic E-state index is 10.7. The molecule has 0 aromatic heterocycles. The molecular weight excluding hydrogens is 476 g/mol. The van der Waals surface area contributed by atoms with Crippen molar-refractivity contribution in [1.82, 2.24) is 0 Å². The number of ether oxygens (including phenoxy) is 1. The van der Waals surface area contributed by atoms with Crippen LogP contribution in [0.1, 0.15) is 113 Å². The molecule has 0 spiro atoms. The molecule has 0 heterocycles. The summed E-state index contributed by atoms with van der Waals surface area (Å²) >= 11 is 0. The lowest BCUT2D eigenvalue weighted by Crippen LogP contribution is -2.22. The molecule has 2 rings (SSSR count). The zero-order valence-electron chi connectivity index (χ0n) is 24.0. The predicted octanol–water partition coefficient (Wildman–Crippen LogP) is 7.44. The zero-order valence-corrected chi connectivity index (χ0v) is 24.0. The van der Waals surface area contributed by atoms with E-state index in [1.807, 2.05) is 32.9 Å². The minimum Gasteiger partial charge on any atom is -0.491 e. The van der Waals surface area contributed by atoms with Crippen molar-refractivity contribution in [1.29, 1.82) is 0 Å². The number of aryl methyl sites for hydroxylation is 2. The van der Waals surface area contributed by atoms with E-state index in [-0.39, 0.29) is 25.4 Å². The van der Waals surface area contributed by atoms with Crippen LogP contribution in [0.4, 0.5) is 0 Å². The van der Waals surface area contributed by atoms with Crippen LogP contribution in [-0.4, -0.2) is 39.6 Å². The van der Waals surface area contributed by atoms with Gasteiger partial charge in [-0.3, -0.25) is 4.79 Å². The zero-order chi connectivity index (χ0) is 28.1. The van der Waals surface area contributed by atoms with Crippen LogP contribution in [0.3, 0.4) is 0 Å². The summed E-state index contributed by atoms with van der Waals surface area (Å²) in [7, 11) is 0. The second-order valence-corrected chi connectivity index (χ2v) is 10.5. The number of benzene rings is 2. The first-order chi connectivity index (χ1) is 18.2. The van der Waals surface area contributed by atoms with Crippen molar-refractivity contribution >= 4 is 12.0 Å². The van der Waals surface area contributed by atoms with Crippen molar-refractivity contribution in [3.05, 3.63) is 70.3 Å². The molecule has 0 aliphatic rings. The number of aliphatic hydroxyl groups is 2. The molecule has 2 atom stereocenters. The third kappa shape index (κ3) is 9.59. The van der Waals surface area contributed by atoms with Gasteiger partial charge in [0.2, 0.25) is 0 Å². The summed E-state index contributed by atoms with van der Waals surface area (Å²) in [6.07, 6.45) is 10.1. The summed E-state index contributed by atoms with van der Waals surface area (Å²) in [5, 5.41) is 29.6. The minimum atomic E-state index is -0.919. The largest absolute Gasteiger partial charge is 0.491 e. The Morgan fingerprint density at radius 3 is 2.29 bits per heavy atom. The number of hydrogen-bond donors (Lipinski definition) is 3. The van der Waals surface area contributed by atoms with Crippen LogP contribution in [0.2, 0.25) is 0 Å². The van der Waals surface area contributed by atoms with Crippen molar-refractivity contribution < 1.29 is 24.9 Å². The highest BCUT2D eigenvalue weighted by atomic mass is 16.5. The standard InChI is InChI=1S/C33H48O5/c1-6-10-12-30(27-15-17-31(24(5)21-27)38-23-29(34)16-18-32(35)36)28-14-13-25(26(22-28)11-7-2)19-20-33(37,8-3)9-4/h13-15,17,19-22,29-30,34,37H,6-12,16,18,23H2,1-5H3,(H,35,36)/b20-19+/t29-,30?/m0/s1. The number of carbonyl (C=O) groups is 1. The first-order valence-corrected chi connectivity index (χ1v) is 14.3. The van der Waals surface area contributed by atoms with Crippen molar-refractivity contribution in [2.75, 3.05) is 6.61 Å². The van der Waals surface area contributed by atoms with E-state index in [1.165, 1.54) is 22.3 Å². The van der Waals surface area contributed by atoms with Crippen LogP contribution in [0.25, 0.3) is 6.08 Å². The van der Waals surface area contributed by atoms with Gasteiger partial charge in [-0.05, 0) is 72.9 Å². The topological polar surface area (TPSA) is 87.0 Å². The van der Waals surface area contributed by atoms with E-state index in [0.717, 1.165) is 37.7 Å². The van der Waals surface area contributed by atoms with Crippen molar-refractivity contribution in [2.45, 2.75) is 110 Å². The van der Waals surface area contributed by atoms with E-state index in [1.54, 1.807) is 0 Å². The molecule has 210 valence electrons. The molecule has 1 unspecified atom stereocenters. The third-order valence-corrected chi connectivity index (χ3v) is 7.46. The molecule has 0 amide bonds. The van der Waals surface area contributed by atoms with Crippen LogP contribution in [0, 0.1) is 6.92 Å². The summed E-state index contributed by atoms with van der Waals surface area (Å²) in [4.78, 5) is 10.7. The SMILES string of the molecule is CCCCC(c1ccc(OC[C@@H](O)CCC(=O)O)c(C)c1)c1ccc(/C=C/C(O)(CC)CC)c(CCC)c1. The highest BCUT2D eigenvalue weighted by molar-refractivity contribution is 5.66. The van der Waals surface area contributed by atoms with Gasteiger partial charge in [-0.2, -0.15) is 0 Å². The van der Waals surface area contributed by atoms with Gasteiger partial charge in [-0.1, -0.05) is 89.4 Å². The Balaban J connectivity index is 2.31. The lowest BCUT2D eigenvalue weighted by atomic mass is 9.84. The monoisotopic (exact) mass is 524 g/mol. The molecule has 2 aromatic carbocycles. The second-order valence-electron chi connectivity index (χ2n) is 10.5. The third-order valence-electron chi connectivity index (χ3n) is 7.46. The average molecular weight is 525 g/mol. The molecule has 0 saturated heterocycles. The maximum Gasteiger partial charge on any atom is 0.303 e. The highest BCUT2D eigenvalue weighted by Crippen LogP contribution is 2.34. The Bertz CT molecular complexity index is 1040. The van der Waals surface area contributed by atoms with Crippen molar-refractivity contribution in [3.8, 4) is 5.75 Å². The second kappa shape index (κ2) is 15.7. The van der Waals surface area contributed by atoms with Gasteiger partial charge < -0.3 is 20.1 Å². The lowest BCUT2D eigenvalue weighted by Gasteiger charge is -2.22. The number of hydrogen-bond acceptors (Lipinski definition) is 4. The number of rotatable bonds is 17. The molecule has 3 N–H and O–H groups in total. The molecule has 38 heavy (non-hydrogen) atoms. The quantitative estimate of drug-likeness (QED) is 0.200. The van der Waals surface area contributed by atoms with Crippen molar-refractivity contribution in [2.24, 2.45) is 0 Å². The Morgan fingerprint density at radius 1 is 1.00 bits per heavy atom. The van der Waals surface area contributed by atoms with Crippen LogP contribution in [0.5, 0.6) is 5.75 Å². The van der Waals surface area contributed by atoms with Gasteiger partial charge in [0.15, 0.2) is 0 Å². The number of carboxylic acids is 1. The summed E-state index contributed by atoms with van der Waals surface area (Å²) in [6, 6.07) is 13.0. The summed E-state index contributed by atoms with van der Waals surface area (Å²) in [5.74, 6) is 0.0573. The fourth-order valence-corrected chi connectivity index (χ4v) is 4.77. The van der Waals surface area contributed by atoms with Gasteiger partial charge in [0.25, 0.3) is 0 Å². The number of unbranched alkanes of at least 4 members (excludes halogenated alkanes) is 1. The molecule has 0 bridgehead atoms. The number of aliphatic hydroxyl groups excluding tert-OH is 1. The van der Waals surface area contributed by atoms with E-state index in [4.69, 9.17) is 9.84 Å². The van der Waals surface area contributed by atoms with Crippen LogP contribution in [-0.2, 0) is 11.2 Å². The van der Waals surface area contributed by atoms with Gasteiger partial charge in [-0.25, -0.2) is 0 Å². The maximum atomic E-state index is 10.7. The van der Waals surface area contributed by atoms with E-state index in [2.05, 4.69) is 50.3 Å². The van der Waals surface area contributed by atoms with Gasteiger partial charge in [0, 0.05) is 12.3 Å². The summed E-state index contributed by atoms with van der Waals surface area (Å²) in [5.41, 5.74) is 5.26. The van der Waals surface area contributed by atoms with Crippen LogP contribution >= 0.6 is 0 Å². The Kier molecular flexibility index (Phi) is 13.1. The van der Waals surface area contributed by atoms with E-state index >= 15 is 0 Å². The number of aliphatic carboxylic acids is 1. The molecule has 5 heteroatoms. The first-order valence-electron chi connectivity index (χ1n) is 14.3. The Labute approximate surface area is 229 Å². The Hall–Kier alpha value is -2.63. The van der Waals surface area contributed by atoms with Gasteiger partial charge in [-0.15, -0.1) is 0 Å². The van der Waals surface area contributed by atoms with Gasteiger partial charge in [0.1, 0.15) is 12.4 Å². The van der Waals surface area contributed by atoms with E-state index in [9.17, 15) is 15.0 Å². The molecule has 0 radical (unpaired) electrons. The molecule has 0 aliphatic heterocycles. The highest BCUT2D eigenvalue weighted by Gasteiger charge is 2.19. The van der Waals surface area contributed by atoms with Crippen LogP contribution < -0.4 is 4.74 Å². The minimum absolute atomic E-state index is 0.0752. The fraction of sp³-hybridized carbons (Fsp3) is 0.545. The smallest absolute Gasteiger partial charge is 0.303 e. The summed E-state index contributed by atoms with van der Waals surface area (Å²) in [6.45, 7) is 10.5. The summed E-state index contributed by atoms with van der Waals surface area (Å²) < 4.78 is 5.82. The molecule has 0 aliphatic carbocycles. The normalized spacial score (nSPS) is 13.6. The molecule has 0 fully saturated rings. The first kappa shape index (κ1) is 31.6. The molecular formula is C33H48O5. The number of carboxylic acid groups (broad SMARTS) is 1. The van der Waals surface area contributed by atoms with Gasteiger partial charge in [0.05, 0.1) is 11.7 Å². The molecule has 2 aromatic rings. The predicted molar refractivity (Wildman–Crippen MR) is 156 cm³/mol. The Morgan fingerprint density at radius 2 is 1.68 bits per heavy atom. The average Bonchev–Trinajstić information content (AvgIpc) is 2.91. The van der Waals surface area contributed by atoms with E-state index in [0.29, 0.717) is 18.6 Å². The lowest BCUT2D eigenvalue weighted by molar-refractivity contribution is -0.137. The molecule has 5 nitrogen and oxygen atoms in total. The van der Waals surface area contributed by atoms with Gasteiger partial charge >= 0.3 is 5.97 Å². The fourth-order valence-electron chi connectivity index (χ4n) is 4.77. The van der Waals surface area contributed by atoms with Crippen molar-refractivity contribution in [3.63, 3.8) is 0 Å². The molecule has 0 saturated carbocycles. The van der Waals surface area contributed by atoms with Crippen LogP contribution in [0.15, 0.2) is 42.5 Å². The van der Waals surface area contributed by atoms with E-state index < -0.39 is 17.7 Å².